The van der Waals surface area contributed by atoms with Crippen molar-refractivity contribution in [2.24, 2.45) is 0 Å². The van der Waals surface area contributed by atoms with Crippen LogP contribution in [0, 0.1) is 0 Å². The minimum atomic E-state index is -1.48. The Morgan fingerprint density at radius 2 is 1.68 bits per heavy atom. The van der Waals surface area contributed by atoms with Crippen LogP contribution in [-0.4, -0.2) is 17.2 Å². The van der Waals surface area contributed by atoms with Gasteiger partial charge in [-0.3, -0.25) is 0 Å². The van der Waals surface area contributed by atoms with Gasteiger partial charge < -0.3 is 10.0 Å². The molecule has 0 radical (unpaired) electrons. The second-order valence-electron chi connectivity index (χ2n) is 4.63. The van der Waals surface area contributed by atoms with Gasteiger partial charge >= 0.3 is 7.12 Å². The van der Waals surface area contributed by atoms with Gasteiger partial charge in [-0.1, -0.05) is 55.6 Å². The summed E-state index contributed by atoms with van der Waals surface area (Å²) in [6, 6.07) is 11.5. The van der Waals surface area contributed by atoms with E-state index in [1.165, 1.54) is 0 Å². The Morgan fingerprint density at radius 3 is 2.37 bits per heavy atom. The maximum atomic E-state index is 9.48. The molecular weight excluding hydrogens is 235 g/mol. The van der Waals surface area contributed by atoms with Gasteiger partial charge in [0, 0.05) is 0 Å². The minimum Gasteiger partial charge on any atom is -0.423 e. The van der Waals surface area contributed by atoms with E-state index in [9.17, 15) is 10.0 Å². The van der Waals surface area contributed by atoms with E-state index in [0.29, 0.717) is 5.46 Å². The van der Waals surface area contributed by atoms with Crippen molar-refractivity contribution in [3.8, 4) is 0 Å². The highest BCUT2D eigenvalue weighted by Crippen LogP contribution is 2.26. The van der Waals surface area contributed by atoms with E-state index in [1.807, 2.05) is 30.3 Å². The van der Waals surface area contributed by atoms with Gasteiger partial charge in [-0.15, -0.1) is 0 Å². The molecule has 3 rings (SSSR count). The largest absolute Gasteiger partial charge is 0.489 e. The van der Waals surface area contributed by atoms with Gasteiger partial charge in [0.15, 0.2) is 0 Å². The van der Waals surface area contributed by atoms with Crippen LogP contribution in [0.1, 0.15) is 5.56 Å². The highest BCUT2D eigenvalue weighted by molar-refractivity contribution is 6.62. The van der Waals surface area contributed by atoms with Gasteiger partial charge in [-0.25, -0.2) is 0 Å². The van der Waals surface area contributed by atoms with Crippen LogP contribution in [0.15, 0.2) is 43.0 Å². The molecule has 0 aliphatic heterocycles. The minimum absolute atomic E-state index is 0.513. The highest BCUT2D eigenvalue weighted by Gasteiger charge is 2.17. The average molecular weight is 248 g/mol. The maximum Gasteiger partial charge on any atom is 0.489 e. The SMILES string of the molecule is C=Cc1ccc2ccc(B(O)O)c3ccc(=C)c1c23. The van der Waals surface area contributed by atoms with E-state index >= 15 is 0 Å². The molecular formula is C16H13BO2. The third-order valence-corrected chi connectivity index (χ3v) is 3.56. The van der Waals surface area contributed by atoms with Crippen molar-refractivity contribution >= 4 is 46.8 Å². The van der Waals surface area contributed by atoms with E-state index < -0.39 is 7.12 Å². The number of hydrogen-bond donors (Lipinski definition) is 2. The number of hydrogen-bond acceptors (Lipinski definition) is 2. The summed E-state index contributed by atoms with van der Waals surface area (Å²) in [5.74, 6) is 0. The molecule has 0 aromatic heterocycles. The van der Waals surface area contributed by atoms with Gasteiger partial charge in [0.05, 0.1) is 0 Å². The molecule has 2 N–H and O–H groups in total. The van der Waals surface area contributed by atoms with Crippen molar-refractivity contribution in [1.82, 2.24) is 0 Å². The Morgan fingerprint density at radius 1 is 0.947 bits per heavy atom. The molecule has 2 nitrogen and oxygen atoms in total. The standard InChI is InChI=1S/C16H13BO2/c1-3-11-5-6-12-7-9-14(17(18)19)13-8-4-10(2)15(11)16(12)13/h3-9,18-19H,1-2H2. The van der Waals surface area contributed by atoms with Gasteiger partial charge in [-0.2, -0.15) is 0 Å². The number of rotatable bonds is 2. The zero-order valence-corrected chi connectivity index (χ0v) is 10.4. The van der Waals surface area contributed by atoms with Crippen LogP contribution in [-0.2, 0) is 0 Å². The van der Waals surface area contributed by atoms with Crippen molar-refractivity contribution in [3.05, 3.63) is 53.8 Å². The molecule has 0 unspecified atom stereocenters. The molecule has 0 saturated carbocycles. The monoisotopic (exact) mass is 248 g/mol. The quantitative estimate of drug-likeness (QED) is 0.674. The Kier molecular flexibility index (Phi) is 2.66. The van der Waals surface area contributed by atoms with E-state index in [1.54, 1.807) is 12.1 Å². The molecule has 3 heteroatoms. The molecule has 0 heterocycles. The van der Waals surface area contributed by atoms with Gasteiger partial charge in [0.1, 0.15) is 0 Å². The third-order valence-electron chi connectivity index (χ3n) is 3.56. The fourth-order valence-electron chi connectivity index (χ4n) is 2.67. The van der Waals surface area contributed by atoms with Crippen LogP contribution in [0.4, 0.5) is 0 Å². The summed E-state index contributed by atoms with van der Waals surface area (Å²) in [4.78, 5) is 0. The summed E-state index contributed by atoms with van der Waals surface area (Å²) in [5.41, 5.74) is 1.52. The van der Waals surface area contributed by atoms with E-state index in [0.717, 1.165) is 32.3 Å². The van der Waals surface area contributed by atoms with Crippen LogP contribution >= 0.6 is 0 Å². The van der Waals surface area contributed by atoms with Crippen molar-refractivity contribution in [2.75, 3.05) is 0 Å². The fourth-order valence-corrected chi connectivity index (χ4v) is 2.67. The van der Waals surface area contributed by atoms with Crippen LogP contribution in [0.3, 0.4) is 0 Å². The van der Waals surface area contributed by atoms with E-state index in [-0.39, 0.29) is 0 Å². The van der Waals surface area contributed by atoms with Gasteiger partial charge in [0.25, 0.3) is 0 Å². The highest BCUT2D eigenvalue weighted by atomic mass is 16.4. The summed E-state index contributed by atoms with van der Waals surface area (Å²) in [6.45, 7) is 7.89. The second kappa shape index (κ2) is 4.23. The lowest BCUT2D eigenvalue weighted by Crippen LogP contribution is -2.30. The zero-order chi connectivity index (χ0) is 13.6. The smallest absolute Gasteiger partial charge is 0.423 e. The Hall–Kier alpha value is -2.10. The second-order valence-corrected chi connectivity index (χ2v) is 4.63. The predicted molar refractivity (Wildman–Crippen MR) is 82.1 cm³/mol. The van der Waals surface area contributed by atoms with E-state index in [4.69, 9.17) is 0 Å². The Labute approximate surface area is 111 Å². The normalized spacial score (nSPS) is 11.1. The summed E-state index contributed by atoms with van der Waals surface area (Å²) >= 11 is 0. The molecule has 0 atom stereocenters. The molecule has 0 amide bonds. The van der Waals surface area contributed by atoms with E-state index in [2.05, 4.69) is 13.2 Å². The summed E-state index contributed by atoms with van der Waals surface area (Å²) in [6.07, 6.45) is 1.80. The summed E-state index contributed by atoms with van der Waals surface area (Å²) in [5, 5.41) is 23.8. The summed E-state index contributed by atoms with van der Waals surface area (Å²) in [7, 11) is -1.48. The van der Waals surface area contributed by atoms with Crippen molar-refractivity contribution < 1.29 is 10.0 Å². The molecule has 0 spiro atoms. The third kappa shape index (κ3) is 1.67. The zero-order valence-electron chi connectivity index (χ0n) is 10.4. The molecule has 0 aliphatic rings. The molecule has 92 valence electrons. The molecule has 0 saturated heterocycles. The van der Waals surface area contributed by atoms with Crippen LogP contribution in [0.5, 0.6) is 0 Å². The first kappa shape index (κ1) is 12.0. The maximum absolute atomic E-state index is 9.48. The molecule has 19 heavy (non-hydrogen) atoms. The molecule has 3 aromatic rings. The van der Waals surface area contributed by atoms with Crippen LogP contribution < -0.4 is 10.7 Å². The Bertz CT molecular complexity index is 837. The molecule has 3 aromatic carbocycles. The van der Waals surface area contributed by atoms with Gasteiger partial charge in [0.2, 0.25) is 0 Å². The molecule has 0 bridgehead atoms. The summed E-state index contributed by atoms with van der Waals surface area (Å²) < 4.78 is 0. The predicted octanol–water partition coefficient (Wildman–Crippen LogP) is 1.44. The lowest BCUT2D eigenvalue weighted by Gasteiger charge is -2.12. The first-order valence-electron chi connectivity index (χ1n) is 6.09. The lowest BCUT2D eigenvalue weighted by atomic mass is 9.76. The van der Waals surface area contributed by atoms with Crippen molar-refractivity contribution in [2.45, 2.75) is 0 Å². The molecule has 0 aliphatic carbocycles. The Balaban J connectivity index is 2.64. The first-order chi connectivity index (χ1) is 9.13. The van der Waals surface area contributed by atoms with Crippen LogP contribution in [0.25, 0.3) is 34.2 Å². The fraction of sp³-hybridized carbons (Fsp3) is 0. The van der Waals surface area contributed by atoms with Gasteiger partial charge in [-0.05, 0) is 37.8 Å². The first-order valence-corrected chi connectivity index (χ1v) is 6.09. The van der Waals surface area contributed by atoms with Crippen LogP contribution in [0.2, 0.25) is 0 Å². The average Bonchev–Trinajstić information content (AvgIpc) is 2.42. The topological polar surface area (TPSA) is 40.5 Å². The molecule has 0 fully saturated rings. The lowest BCUT2D eigenvalue weighted by molar-refractivity contribution is 0.426. The number of benzene rings is 3. The van der Waals surface area contributed by atoms with Crippen molar-refractivity contribution in [3.63, 3.8) is 0 Å². The van der Waals surface area contributed by atoms with Crippen molar-refractivity contribution in [1.29, 1.82) is 0 Å².